The van der Waals surface area contributed by atoms with Crippen LogP contribution >= 0.6 is 0 Å². The maximum Gasteiger partial charge on any atom is 0.416 e. The molecular formula is C16H19F3N2O2. The summed E-state index contributed by atoms with van der Waals surface area (Å²) in [6.45, 7) is 3.41. The molecule has 126 valence electrons. The predicted octanol–water partition coefficient (Wildman–Crippen LogP) is 2.63. The van der Waals surface area contributed by atoms with Gasteiger partial charge in [0.15, 0.2) is 0 Å². The molecule has 23 heavy (non-hydrogen) atoms. The lowest BCUT2D eigenvalue weighted by Gasteiger charge is -2.32. The highest BCUT2D eigenvalue weighted by Crippen LogP contribution is 2.34. The van der Waals surface area contributed by atoms with Gasteiger partial charge in [0.1, 0.15) is 11.9 Å². The van der Waals surface area contributed by atoms with Gasteiger partial charge >= 0.3 is 6.18 Å². The smallest absolute Gasteiger partial charge is 0.416 e. The molecule has 2 heterocycles. The number of hydrogen-bond acceptors (Lipinski definition) is 3. The Labute approximate surface area is 132 Å². The van der Waals surface area contributed by atoms with Gasteiger partial charge in [-0.3, -0.25) is 4.79 Å². The van der Waals surface area contributed by atoms with E-state index < -0.39 is 17.6 Å². The summed E-state index contributed by atoms with van der Waals surface area (Å²) in [5, 5.41) is 0. The van der Waals surface area contributed by atoms with E-state index in [9.17, 15) is 18.0 Å². The first kappa shape index (κ1) is 16.1. The van der Waals surface area contributed by atoms with E-state index in [0.29, 0.717) is 6.54 Å². The molecule has 0 radical (unpaired) electrons. The zero-order valence-corrected chi connectivity index (χ0v) is 12.9. The molecule has 1 saturated heterocycles. The third-order valence-electron chi connectivity index (χ3n) is 4.37. The summed E-state index contributed by atoms with van der Waals surface area (Å²) < 4.78 is 44.4. The van der Waals surface area contributed by atoms with Crippen LogP contribution in [0.1, 0.15) is 28.8 Å². The Morgan fingerprint density at radius 2 is 2.04 bits per heavy atom. The average Bonchev–Trinajstić information content (AvgIpc) is 2.54. The topological polar surface area (TPSA) is 32.8 Å². The van der Waals surface area contributed by atoms with E-state index in [1.165, 1.54) is 17.4 Å². The van der Waals surface area contributed by atoms with Gasteiger partial charge in [0.25, 0.3) is 5.91 Å². The predicted molar refractivity (Wildman–Crippen MR) is 78.5 cm³/mol. The van der Waals surface area contributed by atoms with E-state index in [2.05, 4.69) is 4.90 Å². The number of likely N-dealkylation sites (N-methyl/N-ethyl adjacent to an activating group) is 1. The molecule has 7 heteroatoms. The number of likely N-dealkylation sites (tertiary alicyclic amines) is 1. The Balaban J connectivity index is 1.80. The molecule has 2 aliphatic heterocycles. The lowest BCUT2D eigenvalue weighted by atomic mass is 10.1. The van der Waals surface area contributed by atoms with Crippen LogP contribution in [0.25, 0.3) is 0 Å². The van der Waals surface area contributed by atoms with Crippen molar-refractivity contribution in [2.75, 3.05) is 33.2 Å². The summed E-state index contributed by atoms with van der Waals surface area (Å²) in [4.78, 5) is 16.1. The minimum absolute atomic E-state index is 0.0197. The fraction of sp³-hybridized carbons (Fsp3) is 0.562. The molecule has 0 N–H and O–H groups in total. The average molecular weight is 328 g/mol. The number of amides is 1. The van der Waals surface area contributed by atoms with Crippen molar-refractivity contribution in [1.82, 2.24) is 9.80 Å². The number of carbonyl (C=O) groups is 1. The second kappa shape index (κ2) is 6.03. The number of nitrogens with zero attached hydrogens (tertiary/aromatic N) is 2. The molecule has 0 bridgehead atoms. The second-order valence-electron chi connectivity index (χ2n) is 6.12. The summed E-state index contributed by atoms with van der Waals surface area (Å²) in [7, 11) is 1.59. The molecule has 4 nitrogen and oxygen atoms in total. The monoisotopic (exact) mass is 328 g/mol. The van der Waals surface area contributed by atoms with Gasteiger partial charge in [-0.15, -0.1) is 0 Å². The van der Waals surface area contributed by atoms with Gasteiger partial charge in [0.2, 0.25) is 0 Å². The summed E-state index contributed by atoms with van der Waals surface area (Å²) in [6, 6.07) is 3.10. The van der Waals surface area contributed by atoms with Crippen molar-refractivity contribution in [2.24, 2.45) is 0 Å². The first-order valence-electron chi connectivity index (χ1n) is 7.70. The molecule has 0 aliphatic carbocycles. The molecule has 0 aromatic heterocycles. The summed E-state index contributed by atoms with van der Waals surface area (Å²) in [6.07, 6.45) is -2.73. The maximum atomic E-state index is 12.8. The quantitative estimate of drug-likeness (QED) is 0.855. The normalized spacial score (nSPS) is 22.2. The first-order valence-corrected chi connectivity index (χ1v) is 7.70. The summed E-state index contributed by atoms with van der Waals surface area (Å²) in [5.41, 5.74) is -0.852. The molecule has 2 aliphatic rings. The maximum absolute atomic E-state index is 12.8. The zero-order chi connectivity index (χ0) is 16.6. The fourth-order valence-corrected chi connectivity index (χ4v) is 2.87. The zero-order valence-electron chi connectivity index (χ0n) is 12.9. The number of hydrogen-bond donors (Lipinski definition) is 0. The van der Waals surface area contributed by atoms with E-state index in [1.807, 2.05) is 0 Å². The minimum Gasteiger partial charge on any atom is -0.488 e. The Morgan fingerprint density at radius 1 is 1.30 bits per heavy atom. The SMILES string of the molecule is CN1CC(CCN2CCC2)Oc2ccc(C(F)(F)F)cc2C1=O. The third kappa shape index (κ3) is 3.44. The van der Waals surface area contributed by atoms with E-state index in [1.54, 1.807) is 7.05 Å². The molecule has 1 unspecified atom stereocenters. The van der Waals surface area contributed by atoms with E-state index in [0.717, 1.165) is 38.2 Å². The van der Waals surface area contributed by atoms with Gasteiger partial charge in [0, 0.05) is 13.6 Å². The van der Waals surface area contributed by atoms with Crippen molar-refractivity contribution in [3.8, 4) is 5.75 Å². The van der Waals surface area contributed by atoms with Gasteiger partial charge in [-0.05, 0) is 44.1 Å². The van der Waals surface area contributed by atoms with Crippen LogP contribution in [0.2, 0.25) is 0 Å². The highest BCUT2D eigenvalue weighted by Gasteiger charge is 2.34. The minimum atomic E-state index is -4.48. The van der Waals surface area contributed by atoms with Crippen LogP contribution in [0.5, 0.6) is 5.75 Å². The Kier molecular flexibility index (Phi) is 4.23. The fourth-order valence-electron chi connectivity index (χ4n) is 2.87. The number of benzene rings is 1. The first-order chi connectivity index (χ1) is 10.8. The lowest BCUT2D eigenvalue weighted by molar-refractivity contribution is -0.137. The molecule has 1 aromatic rings. The molecule has 1 amide bonds. The van der Waals surface area contributed by atoms with Crippen LogP contribution < -0.4 is 4.74 Å². The van der Waals surface area contributed by atoms with Gasteiger partial charge in [-0.2, -0.15) is 13.2 Å². The second-order valence-corrected chi connectivity index (χ2v) is 6.12. The van der Waals surface area contributed by atoms with Gasteiger partial charge in [0.05, 0.1) is 17.7 Å². The Hall–Kier alpha value is -1.76. The van der Waals surface area contributed by atoms with Crippen molar-refractivity contribution in [3.05, 3.63) is 29.3 Å². The van der Waals surface area contributed by atoms with Crippen LogP contribution in [0, 0.1) is 0 Å². The van der Waals surface area contributed by atoms with Crippen molar-refractivity contribution in [2.45, 2.75) is 25.1 Å². The Bertz CT molecular complexity index is 599. The summed E-state index contributed by atoms with van der Waals surface area (Å²) >= 11 is 0. The van der Waals surface area contributed by atoms with Crippen LogP contribution in [0.4, 0.5) is 13.2 Å². The number of rotatable bonds is 3. The molecule has 1 fully saturated rings. The molecule has 1 atom stereocenters. The van der Waals surface area contributed by atoms with E-state index in [4.69, 9.17) is 4.74 Å². The lowest BCUT2D eigenvalue weighted by Crippen LogP contribution is -2.41. The van der Waals surface area contributed by atoms with E-state index >= 15 is 0 Å². The standard InChI is InChI=1S/C16H19F3N2O2/c1-20-10-12(5-8-21-6-2-7-21)23-14-4-3-11(16(17,18)19)9-13(14)15(20)22/h3-4,9,12H,2,5-8,10H2,1H3. The van der Waals surface area contributed by atoms with Gasteiger partial charge in [-0.1, -0.05) is 0 Å². The molecule has 0 spiro atoms. The van der Waals surface area contributed by atoms with Crippen LogP contribution in [0.3, 0.4) is 0 Å². The summed E-state index contributed by atoms with van der Waals surface area (Å²) in [5.74, 6) is -0.196. The highest BCUT2D eigenvalue weighted by molar-refractivity contribution is 5.97. The number of carbonyl (C=O) groups excluding carboxylic acids is 1. The van der Waals surface area contributed by atoms with Crippen molar-refractivity contribution < 1.29 is 22.7 Å². The molecule has 1 aromatic carbocycles. The van der Waals surface area contributed by atoms with Crippen molar-refractivity contribution in [3.63, 3.8) is 0 Å². The number of fused-ring (bicyclic) bond motifs is 1. The van der Waals surface area contributed by atoms with Gasteiger partial charge in [-0.25, -0.2) is 0 Å². The van der Waals surface area contributed by atoms with Gasteiger partial charge < -0.3 is 14.5 Å². The number of halogens is 3. The number of ether oxygens (including phenoxy) is 1. The molecule has 3 rings (SSSR count). The number of alkyl halides is 3. The largest absolute Gasteiger partial charge is 0.488 e. The van der Waals surface area contributed by atoms with Crippen molar-refractivity contribution in [1.29, 1.82) is 0 Å². The highest BCUT2D eigenvalue weighted by atomic mass is 19.4. The molecule has 0 saturated carbocycles. The Morgan fingerprint density at radius 3 is 2.65 bits per heavy atom. The van der Waals surface area contributed by atoms with E-state index in [-0.39, 0.29) is 17.4 Å². The van der Waals surface area contributed by atoms with Crippen LogP contribution in [0.15, 0.2) is 18.2 Å². The van der Waals surface area contributed by atoms with Crippen LogP contribution in [-0.4, -0.2) is 55.0 Å². The van der Waals surface area contributed by atoms with Crippen molar-refractivity contribution >= 4 is 5.91 Å². The third-order valence-corrected chi connectivity index (χ3v) is 4.37. The van der Waals surface area contributed by atoms with Crippen LogP contribution in [-0.2, 0) is 6.18 Å². The molecular weight excluding hydrogens is 309 g/mol.